The number of fused-ring (bicyclic) bond motifs is 2. The number of hydrogen-bond acceptors (Lipinski definition) is 0. The molecular weight excluding hydrogens is 144 g/mol. The molecule has 0 heterocycles. The fraction of sp³-hybridized carbons (Fsp3) is 0.778. The second kappa shape index (κ2) is 2.58. The van der Waals surface area contributed by atoms with E-state index in [1.165, 1.54) is 19.3 Å². The molecule has 0 amide bonds. The molecule has 0 saturated heterocycles. The third kappa shape index (κ3) is 0.989. The van der Waals surface area contributed by atoms with E-state index in [4.69, 9.17) is 11.6 Å². The molecule has 3 atom stereocenters. The van der Waals surface area contributed by atoms with Gasteiger partial charge in [-0.05, 0) is 37.0 Å². The second-order valence-electron chi connectivity index (χ2n) is 3.52. The lowest BCUT2D eigenvalue weighted by Gasteiger charge is -2.15. The van der Waals surface area contributed by atoms with E-state index in [-0.39, 0.29) is 0 Å². The summed E-state index contributed by atoms with van der Waals surface area (Å²) in [7, 11) is 0. The molecule has 1 heteroatoms. The number of hydrogen-bond donors (Lipinski definition) is 0. The zero-order valence-corrected chi connectivity index (χ0v) is 6.85. The Morgan fingerprint density at radius 3 is 2.70 bits per heavy atom. The summed E-state index contributed by atoms with van der Waals surface area (Å²) in [6.07, 6.45) is 8.84. The van der Waals surface area contributed by atoms with Gasteiger partial charge in [-0.3, -0.25) is 0 Å². The van der Waals surface area contributed by atoms with Gasteiger partial charge in [0.2, 0.25) is 0 Å². The lowest BCUT2D eigenvalue weighted by molar-refractivity contribution is 0.436. The molecule has 0 N–H and O–H groups in total. The van der Waals surface area contributed by atoms with Gasteiger partial charge >= 0.3 is 0 Å². The van der Waals surface area contributed by atoms with E-state index in [0.717, 1.165) is 23.6 Å². The monoisotopic (exact) mass is 156 g/mol. The molecule has 0 aromatic heterocycles. The van der Waals surface area contributed by atoms with E-state index < -0.39 is 0 Å². The first-order valence-corrected chi connectivity index (χ1v) is 4.68. The normalized spacial score (nSPS) is 43.1. The van der Waals surface area contributed by atoms with Gasteiger partial charge in [0.15, 0.2) is 0 Å². The van der Waals surface area contributed by atoms with Crippen molar-refractivity contribution in [1.82, 2.24) is 0 Å². The number of halogens is 1. The molecule has 0 unspecified atom stereocenters. The van der Waals surface area contributed by atoms with Crippen LogP contribution in [0.2, 0.25) is 0 Å². The van der Waals surface area contributed by atoms with Crippen molar-refractivity contribution in [3.8, 4) is 0 Å². The number of alkyl halides is 1. The maximum atomic E-state index is 5.69. The largest absolute Gasteiger partial charge is 0.127 e. The van der Waals surface area contributed by atoms with Gasteiger partial charge < -0.3 is 0 Å². The summed E-state index contributed by atoms with van der Waals surface area (Å²) in [6.45, 7) is 0. The molecule has 0 spiro atoms. The smallest absolute Gasteiger partial charge is 0.0226 e. The maximum absolute atomic E-state index is 5.69. The van der Waals surface area contributed by atoms with Crippen molar-refractivity contribution in [2.45, 2.75) is 19.3 Å². The van der Waals surface area contributed by atoms with E-state index in [9.17, 15) is 0 Å². The summed E-state index contributed by atoms with van der Waals surface area (Å²) in [5.74, 6) is 3.58. The molecule has 0 aliphatic heterocycles. The van der Waals surface area contributed by atoms with Crippen LogP contribution in [0.3, 0.4) is 0 Å². The quantitative estimate of drug-likeness (QED) is 0.426. The van der Waals surface area contributed by atoms with Crippen molar-refractivity contribution in [2.75, 3.05) is 5.88 Å². The van der Waals surface area contributed by atoms with E-state index in [2.05, 4.69) is 12.2 Å². The molecule has 1 fully saturated rings. The Balaban J connectivity index is 1.96. The van der Waals surface area contributed by atoms with Gasteiger partial charge in [-0.25, -0.2) is 0 Å². The van der Waals surface area contributed by atoms with Crippen LogP contribution in [0, 0.1) is 17.8 Å². The Kier molecular flexibility index (Phi) is 1.73. The van der Waals surface area contributed by atoms with Gasteiger partial charge in [-0.15, -0.1) is 11.6 Å². The summed E-state index contributed by atoms with van der Waals surface area (Å²) in [6, 6.07) is 0. The highest BCUT2D eigenvalue weighted by Gasteiger charge is 2.34. The summed E-state index contributed by atoms with van der Waals surface area (Å²) in [5, 5.41) is 0. The zero-order chi connectivity index (χ0) is 6.97. The van der Waals surface area contributed by atoms with Crippen LogP contribution in [0.15, 0.2) is 12.2 Å². The highest BCUT2D eigenvalue weighted by Crippen LogP contribution is 2.44. The van der Waals surface area contributed by atoms with E-state index >= 15 is 0 Å². The summed E-state index contributed by atoms with van der Waals surface area (Å²) in [4.78, 5) is 0. The van der Waals surface area contributed by atoms with Crippen LogP contribution in [-0.4, -0.2) is 5.88 Å². The Labute approximate surface area is 67.3 Å². The third-order valence-electron chi connectivity index (χ3n) is 2.90. The molecule has 1 saturated carbocycles. The van der Waals surface area contributed by atoms with Gasteiger partial charge in [0.25, 0.3) is 0 Å². The first-order chi connectivity index (χ1) is 4.90. The average molecular weight is 157 g/mol. The zero-order valence-electron chi connectivity index (χ0n) is 6.09. The van der Waals surface area contributed by atoms with Crippen LogP contribution in [0.1, 0.15) is 19.3 Å². The molecule has 0 aromatic rings. The molecule has 56 valence electrons. The first kappa shape index (κ1) is 6.72. The SMILES string of the molecule is ClCC[C@@H]1C[C@@H]2C=C[C@H]1C2. The van der Waals surface area contributed by atoms with Crippen molar-refractivity contribution in [1.29, 1.82) is 0 Å². The minimum Gasteiger partial charge on any atom is -0.127 e. The van der Waals surface area contributed by atoms with E-state index in [1.54, 1.807) is 0 Å². The lowest BCUT2D eigenvalue weighted by Crippen LogP contribution is -2.06. The minimum atomic E-state index is 0.849. The number of allylic oxidation sites excluding steroid dienone is 2. The molecule has 0 nitrogen and oxygen atoms in total. The van der Waals surface area contributed by atoms with Crippen LogP contribution in [0.4, 0.5) is 0 Å². The summed E-state index contributed by atoms with van der Waals surface area (Å²) in [5.41, 5.74) is 0. The van der Waals surface area contributed by atoms with Gasteiger partial charge in [-0.2, -0.15) is 0 Å². The highest BCUT2D eigenvalue weighted by molar-refractivity contribution is 6.17. The molecule has 2 aliphatic rings. The highest BCUT2D eigenvalue weighted by atomic mass is 35.5. The van der Waals surface area contributed by atoms with Crippen LogP contribution < -0.4 is 0 Å². The Bertz CT molecular complexity index is 151. The van der Waals surface area contributed by atoms with Crippen LogP contribution in [-0.2, 0) is 0 Å². The van der Waals surface area contributed by atoms with Crippen LogP contribution >= 0.6 is 11.6 Å². The predicted octanol–water partition coefficient (Wildman–Crippen LogP) is 2.83. The Morgan fingerprint density at radius 2 is 2.20 bits per heavy atom. The van der Waals surface area contributed by atoms with Crippen LogP contribution in [0.25, 0.3) is 0 Å². The van der Waals surface area contributed by atoms with Gasteiger partial charge in [0.05, 0.1) is 0 Å². The average Bonchev–Trinajstić information content (AvgIpc) is 2.48. The predicted molar refractivity (Wildman–Crippen MR) is 44.2 cm³/mol. The Morgan fingerprint density at radius 1 is 1.30 bits per heavy atom. The number of rotatable bonds is 2. The minimum absolute atomic E-state index is 0.849. The Hall–Kier alpha value is 0.0300. The van der Waals surface area contributed by atoms with Gasteiger partial charge in [0, 0.05) is 5.88 Å². The van der Waals surface area contributed by atoms with E-state index in [1.807, 2.05) is 0 Å². The third-order valence-corrected chi connectivity index (χ3v) is 3.11. The second-order valence-corrected chi connectivity index (χ2v) is 3.90. The van der Waals surface area contributed by atoms with Crippen molar-refractivity contribution in [3.05, 3.63) is 12.2 Å². The van der Waals surface area contributed by atoms with Gasteiger partial charge in [0.1, 0.15) is 0 Å². The molecule has 2 rings (SSSR count). The molecule has 2 aliphatic carbocycles. The maximum Gasteiger partial charge on any atom is 0.0226 e. The van der Waals surface area contributed by atoms with E-state index in [0.29, 0.717) is 0 Å². The van der Waals surface area contributed by atoms with Crippen molar-refractivity contribution < 1.29 is 0 Å². The van der Waals surface area contributed by atoms with Crippen molar-refractivity contribution in [3.63, 3.8) is 0 Å². The summed E-state index contributed by atoms with van der Waals surface area (Å²) < 4.78 is 0. The molecular formula is C9H13Cl. The summed E-state index contributed by atoms with van der Waals surface area (Å²) >= 11 is 5.69. The van der Waals surface area contributed by atoms with Crippen LogP contribution in [0.5, 0.6) is 0 Å². The molecule has 2 bridgehead atoms. The fourth-order valence-electron chi connectivity index (χ4n) is 2.37. The van der Waals surface area contributed by atoms with Gasteiger partial charge in [-0.1, -0.05) is 12.2 Å². The van der Waals surface area contributed by atoms with Crippen molar-refractivity contribution in [2.24, 2.45) is 17.8 Å². The topological polar surface area (TPSA) is 0 Å². The fourth-order valence-corrected chi connectivity index (χ4v) is 2.65. The molecule has 0 radical (unpaired) electrons. The van der Waals surface area contributed by atoms with Crippen molar-refractivity contribution >= 4 is 11.6 Å². The lowest BCUT2D eigenvalue weighted by atomic mass is 9.91. The standard InChI is InChI=1S/C9H13Cl/c10-4-3-9-6-7-1-2-8(9)5-7/h1-2,7-9H,3-6H2/t7-,8+,9-/m1/s1. The molecule has 10 heavy (non-hydrogen) atoms. The first-order valence-electron chi connectivity index (χ1n) is 4.14. The molecule has 0 aromatic carbocycles.